The summed E-state index contributed by atoms with van der Waals surface area (Å²) in [7, 11) is 0. The van der Waals surface area contributed by atoms with Crippen molar-refractivity contribution in [3.8, 4) is 0 Å². The topological polar surface area (TPSA) is 55.2 Å². The number of aryl methyl sites for hydroxylation is 1. The van der Waals surface area contributed by atoms with E-state index in [4.69, 9.17) is 11.6 Å². The maximum Gasteiger partial charge on any atom is 0.288 e. The summed E-state index contributed by atoms with van der Waals surface area (Å²) >= 11 is 5.96. The fourth-order valence-corrected chi connectivity index (χ4v) is 2.59. The first-order valence-electron chi connectivity index (χ1n) is 7.66. The molecule has 4 nitrogen and oxygen atoms in total. The number of rotatable bonds is 9. The Morgan fingerprint density at radius 2 is 1.95 bits per heavy atom. The molecule has 0 aromatic heterocycles. The van der Waals surface area contributed by atoms with E-state index in [2.05, 4.69) is 19.2 Å². The van der Waals surface area contributed by atoms with Crippen molar-refractivity contribution in [2.75, 3.05) is 5.32 Å². The van der Waals surface area contributed by atoms with Gasteiger partial charge in [0.25, 0.3) is 5.69 Å². The normalized spacial score (nSPS) is 12.2. The summed E-state index contributed by atoms with van der Waals surface area (Å²) in [6.45, 7) is 6.21. The number of unbranched alkanes of at least 4 members (excludes halogenated alkanes) is 4. The Hall–Kier alpha value is -1.29. The van der Waals surface area contributed by atoms with Crippen LogP contribution in [0.3, 0.4) is 0 Å². The summed E-state index contributed by atoms with van der Waals surface area (Å²) in [4.78, 5) is 10.4. The van der Waals surface area contributed by atoms with Gasteiger partial charge >= 0.3 is 0 Å². The van der Waals surface area contributed by atoms with E-state index in [0.29, 0.717) is 6.04 Å². The van der Waals surface area contributed by atoms with Crippen LogP contribution in [-0.2, 0) is 0 Å². The summed E-state index contributed by atoms with van der Waals surface area (Å²) in [5.74, 6) is 0. The van der Waals surface area contributed by atoms with Gasteiger partial charge in [-0.2, -0.15) is 0 Å². The predicted octanol–water partition coefficient (Wildman–Crippen LogP) is 5.72. The summed E-state index contributed by atoms with van der Waals surface area (Å²) in [6, 6.07) is 3.52. The fraction of sp³-hybridized carbons (Fsp3) is 0.625. The highest BCUT2D eigenvalue weighted by Gasteiger charge is 2.15. The Kier molecular flexibility index (Phi) is 7.51. The molecule has 1 N–H and O–H groups in total. The van der Waals surface area contributed by atoms with Gasteiger partial charge in [-0.15, -0.1) is 0 Å². The van der Waals surface area contributed by atoms with Gasteiger partial charge in [-0.05, 0) is 31.9 Å². The van der Waals surface area contributed by atoms with Crippen LogP contribution in [0, 0.1) is 17.0 Å². The highest BCUT2D eigenvalue weighted by molar-refractivity contribution is 6.33. The Morgan fingerprint density at radius 3 is 2.57 bits per heavy atom. The summed E-state index contributed by atoms with van der Waals surface area (Å²) in [6.07, 6.45) is 7.42. The molecule has 0 aliphatic heterocycles. The second-order valence-corrected chi connectivity index (χ2v) is 6.03. The highest BCUT2D eigenvalue weighted by atomic mass is 35.5. The zero-order valence-corrected chi connectivity index (χ0v) is 13.9. The SMILES string of the molecule is CCCCCCCC(C)Nc1cc(Cl)c([N+](=O)[O-])cc1C. The van der Waals surface area contributed by atoms with Crippen LogP contribution < -0.4 is 5.32 Å². The molecule has 1 unspecified atom stereocenters. The molecule has 0 saturated carbocycles. The molecule has 21 heavy (non-hydrogen) atoms. The van der Waals surface area contributed by atoms with Crippen molar-refractivity contribution in [1.29, 1.82) is 0 Å². The van der Waals surface area contributed by atoms with E-state index in [0.717, 1.165) is 17.7 Å². The zero-order chi connectivity index (χ0) is 15.8. The molecular formula is C16H25ClN2O2. The maximum absolute atomic E-state index is 10.8. The number of nitro groups is 1. The van der Waals surface area contributed by atoms with E-state index in [9.17, 15) is 10.1 Å². The lowest BCUT2D eigenvalue weighted by Crippen LogP contribution is -2.15. The third kappa shape index (κ3) is 5.92. The monoisotopic (exact) mass is 312 g/mol. The van der Waals surface area contributed by atoms with E-state index in [1.807, 2.05) is 6.92 Å². The summed E-state index contributed by atoms with van der Waals surface area (Å²) in [5, 5.41) is 14.4. The van der Waals surface area contributed by atoms with Crippen LogP contribution >= 0.6 is 11.6 Å². The van der Waals surface area contributed by atoms with Gasteiger partial charge in [0.2, 0.25) is 0 Å². The van der Waals surface area contributed by atoms with Crippen LogP contribution in [0.15, 0.2) is 12.1 Å². The molecule has 118 valence electrons. The van der Waals surface area contributed by atoms with Crippen molar-refractivity contribution in [3.05, 3.63) is 32.8 Å². The molecule has 5 heteroatoms. The lowest BCUT2D eigenvalue weighted by atomic mass is 10.1. The van der Waals surface area contributed by atoms with Gasteiger partial charge in [0.05, 0.1) is 4.92 Å². The Labute approximate surface area is 132 Å². The first-order valence-corrected chi connectivity index (χ1v) is 8.04. The first-order chi connectivity index (χ1) is 9.95. The number of benzene rings is 1. The molecule has 0 aliphatic carbocycles. The van der Waals surface area contributed by atoms with Crippen molar-refractivity contribution in [2.45, 2.75) is 65.3 Å². The Balaban J connectivity index is 2.54. The lowest BCUT2D eigenvalue weighted by molar-refractivity contribution is -0.384. The minimum Gasteiger partial charge on any atom is -0.382 e. The maximum atomic E-state index is 10.8. The molecule has 0 aliphatic rings. The number of halogens is 1. The molecule has 0 bridgehead atoms. The Morgan fingerprint density at radius 1 is 1.29 bits per heavy atom. The zero-order valence-electron chi connectivity index (χ0n) is 13.1. The number of nitro benzene ring substituents is 1. The van der Waals surface area contributed by atoms with Crippen molar-refractivity contribution in [1.82, 2.24) is 0 Å². The highest BCUT2D eigenvalue weighted by Crippen LogP contribution is 2.31. The molecule has 1 aromatic rings. The van der Waals surface area contributed by atoms with Gasteiger partial charge in [-0.1, -0.05) is 50.6 Å². The standard InChI is InChI=1S/C16H25ClN2O2/c1-4-5-6-7-8-9-13(3)18-15-11-14(17)16(19(20)21)10-12(15)2/h10-11,13,18H,4-9H2,1-3H3. The molecule has 0 saturated heterocycles. The summed E-state index contributed by atoms with van der Waals surface area (Å²) in [5.41, 5.74) is 1.70. The van der Waals surface area contributed by atoms with Crippen molar-refractivity contribution < 1.29 is 4.92 Å². The van der Waals surface area contributed by atoms with Gasteiger partial charge in [0, 0.05) is 17.8 Å². The van der Waals surface area contributed by atoms with E-state index in [1.165, 1.54) is 38.2 Å². The number of hydrogen-bond donors (Lipinski definition) is 1. The molecular weight excluding hydrogens is 288 g/mol. The van der Waals surface area contributed by atoms with Crippen molar-refractivity contribution >= 4 is 23.0 Å². The van der Waals surface area contributed by atoms with Crippen LogP contribution in [-0.4, -0.2) is 11.0 Å². The van der Waals surface area contributed by atoms with Crippen LogP contribution in [0.1, 0.15) is 57.9 Å². The number of anilines is 1. The van der Waals surface area contributed by atoms with E-state index >= 15 is 0 Å². The third-order valence-electron chi connectivity index (χ3n) is 3.63. The average molecular weight is 313 g/mol. The van der Waals surface area contributed by atoms with Crippen molar-refractivity contribution in [2.24, 2.45) is 0 Å². The minimum atomic E-state index is -0.448. The molecule has 0 spiro atoms. The summed E-state index contributed by atoms with van der Waals surface area (Å²) < 4.78 is 0. The number of hydrogen-bond acceptors (Lipinski definition) is 3. The molecule has 0 amide bonds. The number of nitrogens with zero attached hydrogens (tertiary/aromatic N) is 1. The van der Waals surface area contributed by atoms with Crippen LogP contribution in [0.5, 0.6) is 0 Å². The number of nitrogens with one attached hydrogen (secondary N) is 1. The van der Waals surface area contributed by atoms with E-state index in [-0.39, 0.29) is 10.7 Å². The lowest BCUT2D eigenvalue weighted by Gasteiger charge is -2.17. The molecule has 0 radical (unpaired) electrons. The van der Waals surface area contributed by atoms with Gasteiger partial charge in [0.1, 0.15) is 5.02 Å². The van der Waals surface area contributed by atoms with Gasteiger partial charge in [-0.25, -0.2) is 0 Å². The largest absolute Gasteiger partial charge is 0.382 e. The Bertz CT molecular complexity index is 478. The second kappa shape index (κ2) is 8.88. The molecule has 0 fully saturated rings. The quantitative estimate of drug-likeness (QED) is 0.360. The van der Waals surface area contributed by atoms with Crippen molar-refractivity contribution in [3.63, 3.8) is 0 Å². The minimum absolute atomic E-state index is 0.0352. The average Bonchev–Trinajstić information content (AvgIpc) is 2.42. The van der Waals surface area contributed by atoms with Crippen LogP contribution in [0.2, 0.25) is 5.02 Å². The van der Waals surface area contributed by atoms with Gasteiger partial charge < -0.3 is 5.32 Å². The fourth-order valence-electron chi connectivity index (χ4n) is 2.35. The molecule has 1 rings (SSSR count). The van der Waals surface area contributed by atoms with E-state index < -0.39 is 4.92 Å². The van der Waals surface area contributed by atoms with Crippen LogP contribution in [0.25, 0.3) is 0 Å². The van der Waals surface area contributed by atoms with Gasteiger partial charge in [0.15, 0.2) is 0 Å². The molecule has 1 aromatic carbocycles. The molecule has 1 atom stereocenters. The van der Waals surface area contributed by atoms with E-state index in [1.54, 1.807) is 6.07 Å². The van der Waals surface area contributed by atoms with Crippen LogP contribution in [0.4, 0.5) is 11.4 Å². The molecule has 0 heterocycles. The smallest absolute Gasteiger partial charge is 0.288 e. The third-order valence-corrected chi connectivity index (χ3v) is 3.94. The first kappa shape index (κ1) is 17.8. The van der Waals surface area contributed by atoms with Gasteiger partial charge in [-0.3, -0.25) is 10.1 Å². The predicted molar refractivity (Wildman–Crippen MR) is 89.3 cm³/mol. The second-order valence-electron chi connectivity index (χ2n) is 5.62.